The molecule has 0 saturated carbocycles. The molecule has 0 aliphatic rings. The van der Waals surface area contributed by atoms with Crippen LogP contribution in [-0.2, 0) is 0 Å². The Morgan fingerprint density at radius 3 is 2.27 bits per heavy atom. The molecule has 2 nitrogen and oxygen atoms in total. The fourth-order valence-corrected chi connectivity index (χ4v) is 0.955. The quantitative estimate of drug-likeness (QED) is 0.640. The SMILES string of the molecule is CC(O)CCCC(C)(C)CO. The first-order valence-corrected chi connectivity index (χ1v) is 4.27. The molecule has 0 rings (SSSR count). The van der Waals surface area contributed by atoms with Crippen LogP contribution in [0.15, 0.2) is 0 Å². The lowest BCUT2D eigenvalue weighted by Crippen LogP contribution is -2.16. The summed E-state index contributed by atoms with van der Waals surface area (Å²) in [6, 6.07) is 0. The zero-order valence-electron chi connectivity index (χ0n) is 7.80. The molecule has 0 amide bonds. The Morgan fingerprint density at radius 2 is 1.91 bits per heavy atom. The Kier molecular flexibility index (Phi) is 4.69. The van der Waals surface area contributed by atoms with Crippen molar-refractivity contribution < 1.29 is 10.2 Å². The number of hydrogen-bond acceptors (Lipinski definition) is 2. The fourth-order valence-electron chi connectivity index (χ4n) is 0.955. The number of rotatable bonds is 5. The van der Waals surface area contributed by atoms with Crippen LogP contribution >= 0.6 is 0 Å². The van der Waals surface area contributed by atoms with Crippen molar-refractivity contribution in [3.8, 4) is 0 Å². The van der Waals surface area contributed by atoms with Crippen molar-refractivity contribution in [3.63, 3.8) is 0 Å². The van der Waals surface area contributed by atoms with Gasteiger partial charge in [0.05, 0.1) is 6.10 Å². The molecule has 0 aliphatic heterocycles. The Hall–Kier alpha value is -0.0800. The van der Waals surface area contributed by atoms with Gasteiger partial charge in [-0.25, -0.2) is 0 Å². The van der Waals surface area contributed by atoms with Crippen molar-refractivity contribution in [3.05, 3.63) is 0 Å². The molecule has 0 aromatic heterocycles. The normalized spacial score (nSPS) is 15.0. The Labute approximate surface area is 69.2 Å². The molecule has 0 fully saturated rings. The van der Waals surface area contributed by atoms with Gasteiger partial charge in [-0.3, -0.25) is 0 Å². The fraction of sp³-hybridized carbons (Fsp3) is 1.00. The lowest BCUT2D eigenvalue weighted by Gasteiger charge is -2.21. The first kappa shape index (κ1) is 10.9. The maximum Gasteiger partial charge on any atom is 0.0512 e. The van der Waals surface area contributed by atoms with Crippen molar-refractivity contribution in [2.75, 3.05) is 6.61 Å². The zero-order chi connectivity index (χ0) is 8.91. The van der Waals surface area contributed by atoms with E-state index in [0.29, 0.717) is 0 Å². The summed E-state index contributed by atoms with van der Waals surface area (Å²) in [5.74, 6) is 0. The summed E-state index contributed by atoms with van der Waals surface area (Å²) in [6.45, 7) is 6.10. The second-order valence-corrected chi connectivity index (χ2v) is 4.06. The monoisotopic (exact) mass is 160 g/mol. The van der Waals surface area contributed by atoms with Crippen LogP contribution in [0.1, 0.15) is 40.0 Å². The second-order valence-electron chi connectivity index (χ2n) is 4.06. The van der Waals surface area contributed by atoms with E-state index in [1.165, 1.54) is 0 Å². The van der Waals surface area contributed by atoms with Gasteiger partial charge < -0.3 is 10.2 Å². The van der Waals surface area contributed by atoms with Gasteiger partial charge in [0, 0.05) is 6.61 Å². The van der Waals surface area contributed by atoms with E-state index in [1.807, 2.05) is 13.8 Å². The smallest absolute Gasteiger partial charge is 0.0512 e. The van der Waals surface area contributed by atoms with Crippen LogP contribution in [0.5, 0.6) is 0 Å². The van der Waals surface area contributed by atoms with E-state index in [0.717, 1.165) is 19.3 Å². The van der Waals surface area contributed by atoms with Crippen LogP contribution in [0.3, 0.4) is 0 Å². The lowest BCUT2D eigenvalue weighted by atomic mass is 9.88. The van der Waals surface area contributed by atoms with E-state index in [4.69, 9.17) is 10.2 Å². The molecule has 0 radical (unpaired) electrons. The Morgan fingerprint density at radius 1 is 1.36 bits per heavy atom. The van der Waals surface area contributed by atoms with E-state index >= 15 is 0 Å². The highest BCUT2D eigenvalue weighted by atomic mass is 16.3. The zero-order valence-corrected chi connectivity index (χ0v) is 7.80. The maximum atomic E-state index is 8.96. The highest BCUT2D eigenvalue weighted by molar-refractivity contribution is 4.66. The van der Waals surface area contributed by atoms with Crippen molar-refractivity contribution in [2.45, 2.75) is 46.1 Å². The predicted octanol–water partition coefficient (Wildman–Crippen LogP) is 1.56. The van der Waals surface area contributed by atoms with Gasteiger partial charge in [-0.05, 0) is 25.2 Å². The third kappa shape index (κ3) is 6.32. The lowest BCUT2D eigenvalue weighted by molar-refractivity contribution is 0.133. The Balaban J connectivity index is 3.38. The van der Waals surface area contributed by atoms with Gasteiger partial charge in [-0.2, -0.15) is 0 Å². The Bertz CT molecular complexity index is 97.7. The largest absolute Gasteiger partial charge is 0.396 e. The molecule has 1 unspecified atom stereocenters. The predicted molar refractivity (Wildman–Crippen MR) is 46.4 cm³/mol. The molecular formula is C9H20O2. The summed E-state index contributed by atoms with van der Waals surface area (Å²) in [7, 11) is 0. The summed E-state index contributed by atoms with van der Waals surface area (Å²) in [5, 5.41) is 17.9. The van der Waals surface area contributed by atoms with E-state index in [2.05, 4.69) is 0 Å². The average Bonchev–Trinajstić information content (AvgIpc) is 1.87. The van der Waals surface area contributed by atoms with Gasteiger partial charge >= 0.3 is 0 Å². The number of aliphatic hydroxyl groups is 2. The highest BCUT2D eigenvalue weighted by Crippen LogP contribution is 2.22. The van der Waals surface area contributed by atoms with Gasteiger partial charge in [0.15, 0.2) is 0 Å². The molecule has 0 aromatic carbocycles. The van der Waals surface area contributed by atoms with Crippen LogP contribution in [0.4, 0.5) is 0 Å². The molecule has 0 aliphatic carbocycles. The maximum absolute atomic E-state index is 8.96. The van der Waals surface area contributed by atoms with Gasteiger partial charge in [0.1, 0.15) is 0 Å². The molecule has 0 spiro atoms. The van der Waals surface area contributed by atoms with E-state index < -0.39 is 0 Å². The minimum absolute atomic E-state index is 0.0227. The van der Waals surface area contributed by atoms with Gasteiger partial charge in [-0.1, -0.05) is 20.3 Å². The summed E-state index contributed by atoms with van der Waals surface area (Å²) >= 11 is 0. The first-order valence-electron chi connectivity index (χ1n) is 4.27. The molecule has 1 atom stereocenters. The number of aliphatic hydroxyl groups excluding tert-OH is 2. The molecule has 0 aromatic rings. The van der Waals surface area contributed by atoms with E-state index in [-0.39, 0.29) is 18.1 Å². The molecule has 2 N–H and O–H groups in total. The molecule has 0 bridgehead atoms. The molecule has 68 valence electrons. The van der Waals surface area contributed by atoms with Crippen LogP contribution in [0, 0.1) is 5.41 Å². The summed E-state index contributed by atoms with van der Waals surface area (Å²) in [4.78, 5) is 0. The minimum atomic E-state index is -0.204. The summed E-state index contributed by atoms with van der Waals surface area (Å²) < 4.78 is 0. The van der Waals surface area contributed by atoms with E-state index in [9.17, 15) is 0 Å². The third-order valence-corrected chi connectivity index (χ3v) is 1.90. The van der Waals surface area contributed by atoms with Crippen LogP contribution in [0.25, 0.3) is 0 Å². The van der Waals surface area contributed by atoms with Crippen molar-refractivity contribution in [2.24, 2.45) is 5.41 Å². The number of hydrogen-bond donors (Lipinski definition) is 2. The topological polar surface area (TPSA) is 40.5 Å². The highest BCUT2D eigenvalue weighted by Gasteiger charge is 2.15. The standard InChI is InChI=1S/C9H20O2/c1-8(11)5-4-6-9(2,3)7-10/h8,10-11H,4-7H2,1-3H3. The van der Waals surface area contributed by atoms with Crippen LogP contribution in [-0.4, -0.2) is 22.9 Å². The van der Waals surface area contributed by atoms with Crippen LogP contribution < -0.4 is 0 Å². The summed E-state index contributed by atoms with van der Waals surface area (Å²) in [6.07, 6.45) is 2.60. The minimum Gasteiger partial charge on any atom is -0.396 e. The van der Waals surface area contributed by atoms with Crippen molar-refractivity contribution in [1.29, 1.82) is 0 Å². The van der Waals surface area contributed by atoms with Gasteiger partial charge in [0.25, 0.3) is 0 Å². The second kappa shape index (κ2) is 4.73. The molecule has 0 saturated heterocycles. The molecular weight excluding hydrogens is 140 g/mol. The van der Waals surface area contributed by atoms with Crippen molar-refractivity contribution in [1.82, 2.24) is 0 Å². The molecule has 2 heteroatoms. The van der Waals surface area contributed by atoms with Crippen molar-refractivity contribution >= 4 is 0 Å². The molecule has 0 heterocycles. The molecule has 11 heavy (non-hydrogen) atoms. The third-order valence-electron chi connectivity index (χ3n) is 1.90. The van der Waals surface area contributed by atoms with Crippen LogP contribution in [0.2, 0.25) is 0 Å². The van der Waals surface area contributed by atoms with Gasteiger partial charge in [0.2, 0.25) is 0 Å². The average molecular weight is 160 g/mol. The van der Waals surface area contributed by atoms with Gasteiger partial charge in [-0.15, -0.1) is 0 Å². The first-order chi connectivity index (χ1) is 4.98. The summed E-state index contributed by atoms with van der Waals surface area (Å²) in [5.41, 5.74) is 0.0227. The van der Waals surface area contributed by atoms with E-state index in [1.54, 1.807) is 6.92 Å².